The molecule has 0 bridgehead atoms. The summed E-state index contributed by atoms with van der Waals surface area (Å²) in [6.07, 6.45) is 0. The summed E-state index contributed by atoms with van der Waals surface area (Å²) < 4.78 is 0. The fourth-order valence-electron chi connectivity index (χ4n) is 1.56. The van der Waals surface area contributed by atoms with Gasteiger partial charge >= 0.3 is 5.97 Å². The van der Waals surface area contributed by atoms with Crippen molar-refractivity contribution in [3.63, 3.8) is 0 Å². The van der Waals surface area contributed by atoms with Gasteiger partial charge in [0.15, 0.2) is 0 Å². The summed E-state index contributed by atoms with van der Waals surface area (Å²) in [7, 11) is 0. The van der Waals surface area contributed by atoms with E-state index in [9.17, 15) is 4.79 Å². The molecule has 72 valence electrons. The summed E-state index contributed by atoms with van der Waals surface area (Å²) in [5, 5.41) is 10.9. The van der Waals surface area contributed by atoms with Gasteiger partial charge in [0.1, 0.15) is 0 Å². The van der Waals surface area contributed by atoms with Crippen molar-refractivity contribution in [3.8, 4) is 0 Å². The molecule has 3 heteroatoms. The number of hydrogen-bond acceptors (Lipinski definition) is 1. The molecule has 0 fully saturated rings. The van der Waals surface area contributed by atoms with E-state index < -0.39 is 5.97 Å². The Morgan fingerprint density at radius 2 is 1.93 bits per heavy atom. The third-order valence-electron chi connectivity index (χ3n) is 2.35. The van der Waals surface area contributed by atoms with Gasteiger partial charge in [0.2, 0.25) is 0 Å². The predicted octanol–water partition coefficient (Wildman–Crippen LogP) is 2.84. The summed E-state index contributed by atoms with van der Waals surface area (Å²) in [4.78, 5) is 10.8. The fraction of sp³-hybridized carbons (Fsp3) is 0.0833. The Hall–Kier alpha value is -0.908. The molecule has 0 aromatic heterocycles. The van der Waals surface area contributed by atoms with E-state index in [0.29, 0.717) is 5.56 Å². The van der Waals surface area contributed by atoms with Crippen LogP contribution in [0.5, 0.6) is 0 Å². The van der Waals surface area contributed by atoms with Crippen molar-refractivity contribution in [1.82, 2.24) is 0 Å². The molecule has 2 rings (SSSR count). The van der Waals surface area contributed by atoms with Crippen LogP contribution < -0.4 is 0 Å². The molecule has 2 aromatic carbocycles. The molecule has 0 spiro atoms. The van der Waals surface area contributed by atoms with Gasteiger partial charge in [0.25, 0.3) is 0 Å². The van der Waals surface area contributed by atoms with Gasteiger partial charge in [-0.1, -0.05) is 24.3 Å². The van der Waals surface area contributed by atoms with E-state index in [2.05, 4.69) is 0 Å². The van der Waals surface area contributed by atoms with Crippen molar-refractivity contribution in [2.75, 3.05) is 0 Å². The molecule has 0 aliphatic rings. The van der Waals surface area contributed by atoms with Crippen molar-refractivity contribution in [3.05, 3.63) is 47.5 Å². The molecule has 0 heterocycles. The molecule has 15 heavy (non-hydrogen) atoms. The van der Waals surface area contributed by atoms with Gasteiger partial charge in [-0.25, -0.2) is 4.79 Å². The Kier molecular flexibility index (Phi) is 3.85. The Morgan fingerprint density at radius 1 is 1.20 bits per heavy atom. The first kappa shape index (κ1) is 12.2. The summed E-state index contributed by atoms with van der Waals surface area (Å²) in [5.41, 5.74) is 1.44. The van der Waals surface area contributed by atoms with Crippen LogP contribution in [-0.2, 0) is 27.3 Å². The largest absolute Gasteiger partial charge is 0.478 e. The second kappa shape index (κ2) is 4.74. The van der Waals surface area contributed by atoms with E-state index >= 15 is 0 Å². The number of carboxylic acid groups (broad SMARTS) is 1. The molecule has 2 nitrogen and oxygen atoms in total. The molecule has 0 saturated heterocycles. The Balaban J connectivity index is 0.00000112. The molecule has 0 unspecified atom stereocenters. The van der Waals surface area contributed by atoms with Crippen LogP contribution in [0.2, 0.25) is 0 Å². The van der Waals surface area contributed by atoms with Crippen molar-refractivity contribution >= 4 is 16.7 Å². The second-order valence-electron chi connectivity index (χ2n) is 3.32. The maximum atomic E-state index is 10.8. The molecular weight excluding hydrogens is 289 g/mol. The molecule has 0 radical (unpaired) electrons. The number of aryl methyl sites for hydroxylation is 1. The zero-order valence-corrected chi connectivity index (χ0v) is 12.6. The van der Waals surface area contributed by atoms with E-state index in [-0.39, 0.29) is 27.3 Å². The van der Waals surface area contributed by atoms with Gasteiger partial charge in [0, 0.05) is 27.3 Å². The normalized spacial score (nSPS) is 9.67. The van der Waals surface area contributed by atoms with Gasteiger partial charge in [0.05, 0.1) is 5.56 Å². The molecule has 0 aliphatic heterocycles. The van der Waals surface area contributed by atoms with Crippen LogP contribution in [0.1, 0.15) is 15.9 Å². The molecule has 0 amide bonds. The standard InChI is InChI=1S/C12H10O2.Cd/c1-8-3-2-4-9-5-6-10(12(13)14)7-11(8)9;/h2-7H,1H3,(H,13,14);. The summed E-state index contributed by atoms with van der Waals surface area (Å²) in [6.45, 7) is 1.98. The van der Waals surface area contributed by atoms with Crippen molar-refractivity contribution in [2.24, 2.45) is 0 Å². The van der Waals surface area contributed by atoms with E-state index in [4.69, 9.17) is 5.11 Å². The van der Waals surface area contributed by atoms with Crippen LogP contribution in [0.3, 0.4) is 0 Å². The first-order chi connectivity index (χ1) is 6.68. The van der Waals surface area contributed by atoms with Gasteiger partial charge in [-0.05, 0) is 35.4 Å². The third kappa shape index (κ3) is 2.37. The van der Waals surface area contributed by atoms with E-state index in [1.165, 1.54) is 0 Å². The van der Waals surface area contributed by atoms with E-state index in [0.717, 1.165) is 16.3 Å². The predicted molar refractivity (Wildman–Crippen MR) is 55.6 cm³/mol. The monoisotopic (exact) mass is 300 g/mol. The minimum absolute atomic E-state index is 0. The average molecular weight is 299 g/mol. The Labute approximate surface area is 108 Å². The number of fused-ring (bicyclic) bond motifs is 1. The fourth-order valence-corrected chi connectivity index (χ4v) is 1.56. The summed E-state index contributed by atoms with van der Waals surface area (Å²) in [5.74, 6) is -0.879. The SMILES string of the molecule is Cc1cccc2ccc(C(=O)O)cc12.[Cd]. The van der Waals surface area contributed by atoms with Crippen LogP contribution in [0, 0.1) is 6.92 Å². The number of rotatable bonds is 1. The molecule has 0 saturated carbocycles. The number of hydrogen-bond donors (Lipinski definition) is 1. The van der Waals surface area contributed by atoms with Crippen molar-refractivity contribution in [2.45, 2.75) is 6.92 Å². The van der Waals surface area contributed by atoms with Crippen LogP contribution in [0.25, 0.3) is 10.8 Å². The van der Waals surface area contributed by atoms with Crippen LogP contribution in [0.4, 0.5) is 0 Å². The first-order valence-corrected chi connectivity index (χ1v) is 4.41. The number of aromatic carboxylic acids is 1. The maximum Gasteiger partial charge on any atom is 0.335 e. The zero-order valence-electron chi connectivity index (χ0n) is 8.53. The molecule has 1 N–H and O–H groups in total. The molecule has 0 atom stereocenters. The van der Waals surface area contributed by atoms with Crippen LogP contribution >= 0.6 is 0 Å². The first-order valence-electron chi connectivity index (χ1n) is 4.41. The van der Waals surface area contributed by atoms with E-state index in [1.807, 2.05) is 31.2 Å². The third-order valence-corrected chi connectivity index (χ3v) is 2.35. The second-order valence-corrected chi connectivity index (χ2v) is 3.32. The van der Waals surface area contributed by atoms with Gasteiger partial charge in [-0.3, -0.25) is 0 Å². The van der Waals surface area contributed by atoms with Crippen LogP contribution in [0.15, 0.2) is 36.4 Å². The van der Waals surface area contributed by atoms with Gasteiger partial charge in [-0.2, -0.15) is 0 Å². The number of benzene rings is 2. The topological polar surface area (TPSA) is 37.3 Å². The Bertz CT molecular complexity index is 506. The van der Waals surface area contributed by atoms with Gasteiger partial charge in [-0.15, -0.1) is 0 Å². The van der Waals surface area contributed by atoms with E-state index in [1.54, 1.807) is 12.1 Å². The zero-order chi connectivity index (χ0) is 10.1. The maximum absolute atomic E-state index is 10.8. The quantitative estimate of drug-likeness (QED) is 0.822. The molecule has 0 aliphatic carbocycles. The number of carbonyl (C=O) groups is 1. The van der Waals surface area contributed by atoms with Gasteiger partial charge < -0.3 is 5.11 Å². The summed E-state index contributed by atoms with van der Waals surface area (Å²) >= 11 is 0. The van der Waals surface area contributed by atoms with Crippen molar-refractivity contribution in [1.29, 1.82) is 0 Å². The molecular formula is C12H10CdO2. The Morgan fingerprint density at radius 3 is 2.60 bits per heavy atom. The minimum atomic E-state index is -0.879. The van der Waals surface area contributed by atoms with Crippen molar-refractivity contribution < 1.29 is 37.2 Å². The average Bonchev–Trinajstić information content (AvgIpc) is 2.18. The van der Waals surface area contributed by atoms with Crippen LogP contribution in [-0.4, -0.2) is 11.1 Å². The number of carboxylic acids is 1. The minimum Gasteiger partial charge on any atom is -0.478 e. The smallest absolute Gasteiger partial charge is 0.335 e. The summed E-state index contributed by atoms with van der Waals surface area (Å²) in [6, 6.07) is 11.1. The molecule has 2 aromatic rings.